The van der Waals surface area contributed by atoms with E-state index in [1.54, 1.807) is 0 Å². The number of rotatable bonds is 4. The molecule has 3 rings (SSSR count). The number of benzene rings is 2. The second-order valence-corrected chi connectivity index (χ2v) is 5.23. The molecule has 0 aliphatic heterocycles. The Labute approximate surface area is 119 Å². The van der Waals surface area contributed by atoms with Gasteiger partial charge in [-0.15, -0.1) is 0 Å². The number of fused-ring (bicyclic) bond motifs is 1. The van der Waals surface area contributed by atoms with Crippen LogP contribution in [0.25, 0.3) is 10.8 Å². The fourth-order valence-corrected chi connectivity index (χ4v) is 2.41. The molecule has 1 heterocycles. The van der Waals surface area contributed by atoms with Crippen molar-refractivity contribution in [2.24, 2.45) is 0 Å². The molecule has 0 spiro atoms. The van der Waals surface area contributed by atoms with Crippen LogP contribution in [0.1, 0.15) is 30.0 Å². The normalized spacial score (nSPS) is 12.7. The average Bonchev–Trinajstić information content (AvgIpc) is 2.91. The van der Waals surface area contributed by atoms with E-state index in [9.17, 15) is 0 Å². The van der Waals surface area contributed by atoms with Gasteiger partial charge in [-0.2, -0.15) is 0 Å². The molecule has 0 radical (unpaired) electrons. The van der Waals surface area contributed by atoms with E-state index in [0.717, 1.165) is 18.1 Å². The first kappa shape index (κ1) is 12.9. The van der Waals surface area contributed by atoms with E-state index in [1.807, 2.05) is 19.1 Å². The molecular formula is C18H19NO. The standard InChI is InChI=1S/C18H19NO/c1-13-7-10-18(20-13)14(2)19-12-15-8-9-16-5-3-4-6-17(16)11-15/h3-11,14,19H,12H2,1-2H3. The first-order chi connectivity index (χ1) is 9.72. The minimum Gasteiger partial charge on any atom is -0.465 e. The van der Waals surface area contributed by atoms with Crippen LogP contribution in [-0.2, 0) is 6.54 Å². The maximum absolute atomic E-state index is 5.64. The third kappa shape index (κ3) is 2.75. The Balaban J connectivity index is 1.70. The Morgan fingerprint density at radius 1 is 1.00 bits per heavy atom. The Morgan fingerprint density at radius 2 is 1.80 bits per heavy atom. The molecule has 1 aromatic heterocycles. The predicted molar refractivity (Wildman–Crippen MR) is 82.6 cm³/mol. The summed E-state index contributed by atoms with van der Waals surface area (Å²) in [5, 5.41) is 6.07. The molecule has 0 bridgehead atoms. The van der Waals surface area contributed by atoms with Crippen molar-refractivity contribution in [1.82, 2.24) is 5.32 Å². The molecule has 0 aliphatic carbocycles. The summed E-state index contributed by atoms with van der Waals surface area (Å²) in [6, 6.07) is 19.3. The van der Waals surface area contributed by atoms with Crippen molar-refractivity contribution in [3.63, 3.8) is 0 Å². The highest BCUT2D eigenvalue weighted by atomic mass is 16.3. The van der Waals surface area contributed by atoms with Crippen LogP contribution in [0, 0.1) is 6.92 Å². The van der Waals surface area contributed by atoms with E-state index in [0.29, 0.717) is 0 Å². The van der Waals surface area contributed by atoms with Crippen molar-refractivity contribution in [2.45, 2.75) is 26.4 Å². The van der Waals surface area contributed by atoms with Gasteiger partial charge in [0.2, 0.25) is 0 Å². The van der Waals surface area contributed by atoms with E-state index in [4.69, 9.17) is 4.42 Å². The molecule has 0 aliphatic rings. The van der Waals surface area contributed by atoms with Crippen molar-refractivity contribution in [3.05, 3.63) is 71.7 Å². The molecule has 1 N–H and O–H groups in total. The van der Waals surface area contributed by atoms with Gasteiger partial charge >= 0.3 is 0 Å². The highest BCUT2D eigenvalue weighted by molar-refractivity contribution is 5.82. The van der Waals surface area contributed by atoms with Gasteiger partial charge in [-0.25, -0.2) is 0 Å². The lowest BCUT2D eigenvalue weighted by Gasteiger charge is -2.12. The molecule has 2 heteroatoms. The number of furan rings is 1. The zero-order valence-electron chi connectivity index (χ0n) is 11.9. The summed E-state index contributed by atoms with van der Waals surface area (Å²) in [5.74, 6) is 1.95. The molecule has 2 nitrogen and oxygen atoms in total. The number of hydrogen-bond acceptors (Lipinski definition) is 2. The van der Waals surface area contributed by atoms with Gasteiger partial charge in [0.25, 0.3) is 0 Å². The second-order valence-electron chi connectivity index (χ2n) is 5.23. The van der Waals surface area contributed by atoms with E-state index < -0.39 is 0 Å². The lowest BCUT2D eigenvalue weighted by molar-refractivity contribution is 0.416. The summed E-state index contributed by atoms with van der Waals surface area (Å²) in [7, 11) is 0. The number of nitrogens with one attached hydrogen (secondary N) is 1. The molecule has 1 unspecified atom stereocenters. The van der Waals surface area contributed by atoms with Gasteiger partial charge in [-0.1, -0.05) is 36.4 Å². The highest BCUT2D eigenvalue weighted by Gasteiger charge is 2.08. The quantitative estimate of drug-likeness (QED) is 0.746. The Morgan fingerprint density at radius 3 is 2.55 bits per heavy atom. The number of aryl methyl sites for hydroxylation is 1. The van der Waals surface area contributed by atoms with Gasteiger partial charge in [0.15, 0.2) is 0 Å². The summed E-state index contributed by atoms with van der Waals surface area (Å²) >= 11 is 0. The van der Waals surface area contributed by atoms with Crippen LogP contribution in [0.15, 0.2) is 59.0 Å². The summed E-state index contributed by atoms with van der Waals surface area (Å²) in [6.45, 7) is 4.94. The van der Waals surface area contributed by atoms with Crippen LogP contribution in [0.2, 0.25) is 0 Å². The smallest absolute Gasteiger partial charge is 0.120 e. The summed E-state index contributed by atoms with van der Waals surface area (Å²) < 4.78 is 5.64. The molecular weight excluding hydrogens is 246 g/mol. The van der Waals surface area contributed by atoms with Gasteiger partial charge < -0.3 is 9.73 Å². The van der Waals surface area contributed by atoms with Crippen molar-refractivity contribution in [1.29, 1.82) is 0 Å². The van der Waals surface area contributed by atoms with Gasteiger partial charge in [-0.3, -0.25) is 0 Å². The number of hydrogen-bond donors (Lipinski definition) is 1. The van der Waals surface area contributed by atoms with Crippen molar-refractivity contribution in [3.8, 4) is 0 Å². The third-order valence-corrected chi connectivity index (χ3v) is 3.61. The molecule has 0 amide bonds. The highest BCUT2D eigenvalue weighted by Crippen LogP contribution is 2.18. The maximum Gasteiger partial charge on any atom is 0.120 e. The van der Waals surface area contributed by atoms with Crippen LogP contribution in [0.5, 0.6) is 0 Å². The zero-order chi connectivity index (χ0) is 13.9. The minimum atomic E-state index is 0.218. The van der Waals surface area contributed by atoms with Gasteiger partial charge in [0.1, 0.15) is 11.5 Å². The summed E-state index contributed by atoms with van der Waals surface area (Å²) in [4.78, 5) is 0. The molecule has 3 aromatic rings. The van der Waals surface area contributed by atoms with Crippen LogP contribution < -0.4 is 5.32 Å². The SMILES string of the molecule is Cc1ccc(C(C)NCc2ccc3ccccc3c2)o1. The third-order valence-electron chi connectivity index (χ3n) is 3.61. The maximum atomic E-state index is 5.64. The predicted octanol–water partition coefficient (Wildman–Crippen LogP) is 4.59. The van der Waals surface area contributed by atoms with E-state index in [2.05, 4.69) is 54.7 Å². The minimum absolute atomic E-state index is 0.218. The second kappa shape index (κ2) is 5.51. The topological polar surface area (TPSA) is 25.2 Å². The summed E-state index contributed by atoms with van der Waals surface area (Å²) in [5.41, 5.74) is 1.29. The Hall–Kier alpha value is -2.06. The van der Waals surface area contributed by atoms with Gasteiger partial charge in [0, 0.05) is 6.54 Å². The molecule has 0 saturated heterocycles. The molecule has 20 heavy (non-hydrogen) atoms. The van der Waals surface area contributed by atoms with Crippen LogP contribution in [-0.4, -0.2) is 0 Å². The summed E-state index contributed by atoms with van der Waals surface area (Å²) in [6.07, 6.45) is 0. The van der Waals surface area contributed by atoms with Crippen molar-refractivity contribution < 1.29 is 4.42 Å². The van der Waals surface area contributed by atoms with Crippen molar-refractivity contribution >= 4 is 10.8 Å². The molecule has 0 fully saturated rings. The lowest BCUT2D eigenvalue weighted by atomic mass is 10.1. The van der Waals surface area contributed by atoms with Crippen LogP contribution in [0.4, 0.5) is 0 Å². The average molecular weight is 265 g/mol. The van der Waals surface area contributed by atoms with Crippen LogP contribution in [0.3, 0.4) is 0 Å². The van der Waals surface area contributed by atoms with E-state index in [-0.39, 0.29) is 6.04 Å². The molecule has 1 atom stereocenters. The van der Waals surface area contributed by atoms with Crippen LogP contribution >= 0.6 is 0 Å². The van der Waals surface area contributed by atoms with Gasteiger partial charge in [-0.05, 0) is 48.4 Å². The first-order valence-electron chi connectivity index (χ1n) is 7.00. The van der Waals surface area contributed by atoms with Crippen molar-refractivity contribution in [2.75, 3.05) is 0 Å². The van der Waals surface area contributed by atoms with E-state index in [1.165, 1.54) is 16.3 Å². The zero-order valence-corrected chi connectivity index (χ0v) is 11.9. The fourth-order valence-electron chi connectivity index (χ4n) is 2.41. The molecule has 2 aromatic carbocycles. The largest absolute Gasteiger partial charge is 0.465 e. The lowest BCUT2D eigenvalue weighted by Crippen LogP contribution is -2.17. The fraction of sp³-hybridized carbons (Fsp3) is 0.222. The van der Waals surface area contributed by atoms with Gasteiger partial charge in [0.05, 0.1) is 6.04 Å². The van der Waals surface area contributed by atoms with E-state index >= 15 is 0 Å². The molecule has 102 valence electrons. The first-order valence-corrected chi connectivity index (χ1v) is 7.00. The Bertz CT molecular complexity index is 714. The molecule has 0 saturated carbocycles. The Kier molecular flexibility index (Phi) is 3.57. The monoisotopic (exact) mass is 265 g/mol.